The summed E-state index contributed by atoms with van der Waals surface area (Å²) < 4.78 is 82.5. The van der Waals surface area contributed by atoms with Crippen LogP contribution in [0.5, 0.6) is 0 Å². The number of rotatable bonds is 28. The molecule has 0 atom stereocenters. The first-order valence-corrected chi connectivity index (χ1v) is 15.7. The lowest BCUT2D eigenvalue weighted by atomic mass is 10.1. The molecule has 0 fully saturated rings. The lowest BCUT2D eigenvalue weighted by Gasteiger charge is -2.13. The van der Waals surface area contributed by atoms with Crippen LogP contribution in [0.25, 0.3) is 0 Å². The molecule has 0 aromatic heterocycles. The molecule has 46 heavy (non-hydrogen) atoms. The average Bonchev–Trinajstić information content (AvgIpc) is 3.04. The highest BCUT2D eigenvalue weighted by Crippen LogP contribution is 2.32. The molecule has 0 unspecified atom stereocenters. The number of hydrogen-bond donors (Lipinski definition) is 1. The molecule has 0 amide bonds. The largest absolute Gasteiger partial charge is 0.460 e. The summed E-state index contributed by atoms with van der Waals surface area (Å²) in [6.07, 6.45) is -0.990. The first kappa shape index (κ1) is 39.4. The van der Waals surface area contributed by atoms with Crippen molar-refractivity contribution in [3.05, 3.63) is 59.7 Å². The Kier molecular flexibility index (Phi) is 21.7. The molecule has 0 radical (unpaired) electrons. The van der Waals surface area contributed by atoms with Gasteiger partial charge in [-0.1, -0.05) is 38.0 Å². The zero-order valence-electron chi connectivity index (χ0n) is 26.7. The molecule has 10 nitrogen and oxygen atoms in total. The monoisotopic (exact) mass is 659 g/mol. The molecule has 0 aliphatic heterocycles. The van der Waals surface area contributed by atoms with Crippen LogP contribution in [-0.2, 0) is 44.1 Å². The first-order chi connectivity index (χ1) is 22.4. The van der Waals surface area contributed by atoms with Gasteiger partial charge in [0.25, 0.3) is 0 Å². The SMILES string of the molecule is CCCCCOCCOCCOCCOCCOCCOCCOCCOC(=O)c1ccccc1Nc1cccc(C(F)(F)F)c1. The van der Waals surface area contributed by atoms with Crippen LogP contribution in [0.3, 0.4) is 0 Å². The number of carbonyl (C=O) groups is 1. The molecule has 1 N–H and O–H groups in total. The van der Waals surface area contributed by atoms with E-state index in [1.165, 1.54) is 31.0 Å². The Morgan fingerprint density at radius 2 is 1.09 bits per heavy atom. The maximum atomic E-state index is 13.0. The normalized spacial score (nSPS) is 11.6. The molecule has 260 valence electrons. The standard InChI is InChI=1S/C33H48F3NO9/c1-2-3-6-12-39-13-14-40-15-16-41-17-18-42-19-20-43-21-22-44-23-24-45-25-26-46-32(38)30-10-4-5-11-31(30)37-29-9-7-8-28(27-29)33(34,35)36/h4-5,7-11,27,37H,2-3,6,12-26H2,1H3. The van der Waals surface area contributed by atoms with Crippen molar-refractivity contribution in [2.75, 3.05) is 104 Å². The molecule has 0 saturated carbocycles. The quantitative estimate of drug-likeness (QED) is 0.0876. The zero-order chi connectivity index (χ0) is 33.1. The summed E-state index contributed by atoms with van der Waals surface area (Å²) in [4.78, 5) is 12.6. The molecule has 2 aromatic rings. The Hall–Kier alpha value is -2.78. The number of unbranched alkanes of at least 4 members (excludes halogenated alkanes) is 2. The maximum Gasteiger partial charge on any atom is 0.416 e. The van der Waals surface area contributed by atoms with E-state index in [9.17, 15) is 18.0 Å². The van der Waals surface area contributed by atoms with Gasteiger partial charge < -0.3 is 43.2 Å². The van der Waals surface area contributed by atoms with E-state index in [4.69, 9.17) is 37.9 Å². The fourth-order valence-electron chi connectivity index (χ4n) is 3.85. The minimum absolute atomic E-state index is 0.00728. The van der Waals surface area contributed by atoms with Crippen LogP contribution in [0.4, 0.5) is 24.5 Å². The van der Waals surface area contributed by atoms with Gasteiger partial charge in [-0.15, -0.1) is 0 Å². The van der Waals surface area contributed by atoms with E-state index in [1.54, 1.807) is 18.2 Å². The van der Waals surface area contributed by atoms with E-state index >= 15 is 0 Å². The number of ether oxygens (including phenoxy) is 8. The first-order valence-electron chi connectivity index (χ1n) is 15.7. The van der Waals surface area contributed by atoms with Gasteiger partial charge in [-0.05, 0) is 36.8 Å². The second-order valence-electron chi connectivity index (χ2n) is 9.88. The number of nitrogens with one attached hydrogen (secondary N) is 1. The van der Waals surface area contributed by atoms with E-state index in [-0.39, 0.29) is 24.5 Å². The second-order valence-corrected chi connectivity index (χ2v) is 9.88. The highest BCUT2D eigenvalue weighted by atomic mass is 19.4. The number of esters is 1. The third-order valence-electron chi connectivity index (χ3n) is 6.20. The summed E-state index contributed by atoms with van der Waals surface area (Å²) >= 11 is 0. The van der Waals surface area contributed by atoms with E-state index in [0.717, 1.165) is 25.2 Å². The maximum absolute atomic E-state index is 13.0. The van der Waals surface area contributed by atoms with Gasteiger partial charge in [0.05, 0.1) is 103 Å². The summed E-state index contributed by atoms with van der Waals surface area (Å²) in [6, 6.07) is 11.2. The molecular weight excluding hydrogens is 611 g/mol. The average molecular weight is 660 g/mol. The van der Waals surface area contributed by atoms with E-state index in [2.05, 4.69) is 12.2 Å². The topological polar surface area (TPSA) is 103 Å². The van der Waals surface area contributed by atoms with Crippen LogP contribution in [-0.4, -0.2) is 105 Å². The van der Waals surface area contributed by atoms with Gasteiger partial charge in [0, 0.05) is 12.3 Å². The van der Waals surface area contributed by atoms with Gasteiger partial charge in [-0.3, -0.25) is 0 Å². The number of anilines is 2. The van der Waals surface area contributed by atoms with Crippen molar-refractivity contribution in [1.29, 1.82) is 0 Å². The van der Waals surface area contributed by atoms with Crippen molar-refractivity contribution in [1.82, 2.24) is 0 Å². The highest BCUT2D eigenvalue weighted by molar-refractivity contribution is 5.96. The van der Waals surface area contributed by atoms with Crippen molar-refractivity contribution >= 4 is 17.3 Å². The predicted molar refractivity (Wildman–Crippen MR) is 167 cm³/mol. The number of carbonyl (C=O) groups excluding carboxylic acids is 1. The van der Waals surface area contributed by atoms with Gasteiger partial charge in [-0.2, -0.15) is 13.2 Å². The van der Waals surface area contributed by atoms with Gasteiger partial charge >= 0.3 is 12.1 Å². The Morgan fingerprint density at radius 3 is 1.59 bits per heavy atom. The summed E-state index contributed by atoms with van der Waals surface area (Å²) in [6.45, 7) is 8.74. The fraction of sp³-hybridized carbons (Fsp3) is 0.606. The van der Waals surface area contributed by atoms with E-state index < -0.39 is 17.7 Å². The van der Waals surface area contributed by atoms with Gasteiger partial charge in [0.2, 0.25) is 0 Å². The summed E-state index contributed by atoms with van der Waals surface area (Å²) in [5.41, 5.74) is -0.0693. The number of alkyl halides is 3. The van der Waals surface area contributed by atoms with Crippen molar-refractivity contribution in [2.45, 2.75) is 32.4 Å². The number of hydrogen-bond acceptors (Lipinski definition) is 10. The minimum atomic E-state index is -4.47. The van der Waals surface area contributed by atoms with E-state index in [0.29, 0.717) is 85.0 Å². The van der Waals surface area contributed by atoms with Crippen molar-refractivity contribution in [3.63, 3.8) is 0 Å². The highest BCUT2D eigenvalue weighted by Gasteiger charge is 2.30. The summed E-state index contributed by atoms with van der Waals surface area (Å²) in [5, 5.41) is 2.86. The van der Waals surface area contributed by atoms with Crippen LogP contribution in [0.2, 0.25) is 0 Å². The Morgan fingerprint density at radius 1 is 0.609 bits per heavy atom. The van der Waals surface area contributed by atoms with Gasteiger partial charge in [0.15, 0.2) is 0 Å². The molecule has 0 heterocycles. The molecular formula is C33H48F3NO9. The Labute approximate surface area is 269 Å². The Bertz CT molecular complexity index is 1060. The van der Waals surface area contributed by atoms with Crippen molar-refractivity contribution in [3.8, 4) is 0 Å². The third kappa shape index (κ3) is 19.0. The molecule has 0 aliphatic carbocycles. The third-order valence-corrected chi connectivity index (χ3v) is 6.20. The number of para-hydroxylation sites is 1. The summed E-state index contributed by atoms with van der Waals surface area (Å²) in [5.74, 6) is -0.622. The zero-order valence-corrected chi connectivity index (χ0v) is 26.7. The van der Waals surface area contributed by atoms with E-state index in [1.807, 2.05) is 0 Å². The van der Waals surface area contributed by atoms with Crippen LogP contribution in [0, 0.1) is 0 Å². The van der Waals surface area contributed by atoms with Gasteiger partial charge in [-0.25, -0.2) is 4.79 Å². The number of halogens is 3. The lowest BCUT2D eigenvalue weighted by Crippen LogP contribution is -2.15. The summed E-state index contributed by atoms with van der Waals surface area (Å²) in [7, 11) is 0. The smallest absolute Gasteiger partial charge is 0.416 e. The van der Waals surface area contributed by atoms with Crippen molar-refractivity contribution < 1.29 is 55.9 Å². The van der Waals surface area contributed by atoms with Gasteiger partial charge in [0.1, 0.15) is 6.61 Å². The molecule has 0 aliphatic rings. The lowest BCUT2D eigenvalue weighted by molar-refractivity contribution is -0.137. The fourth-order valence-corrected chi connectivity index (χ4v) is 3.85. The molecule has 2 aromatic carbocycles. The Balaban J connectivity index is 1.38. The molecule has 0 bridgehead atoms. The van der Waals surface area contributed by atoms with Crippen LogP contribution < -0.4 is 5.32 Å². The van der Waals surface area contributed by atoms with Crippen molar-refractivity contribution in [2.24, 2.45) is 0 Å². The number of benzene rings is 2. The second kappa shape index (κ2) is 25.3. The molecule has 0 spiro atoms. The predicted octanol–water partition coefficient (Wildman–Crippen LogP) is 5.91. The van der Waals surface area contributed by atoms with Crippen LogP contribution >= 0.6 is 0 Å². The molecule has 0 saturated heterocycles. The van der Waals surface area contributed by atoms with Crippen LogP contribution in [0.1, 0.15) is 42.1 Å². The molecule has 13 heteroatoms. The molecule has 2 rings (SSSR count). The minimum Gasteiger partial charge on any atom is -0.460 e. The van der Waals surface area contributed by atoms with Crippen LogP contribution in [0.15, 0.2) is 48.5 Å².